The van der Waals surface area contributed by atoms with E-state index in [-0.39, 0.29) is 6.10 Å². The van der Waals surface area contributed by atoms with Crippen molar-refractivity contribution in [2.24, 2.45) is 0 Å². The van der Waals surface area contributed by atoms with Gasteiger partial charge in [0.25, 0.3) is 0 Å². The van der Waals surface area contributed by atoms with Crippen molar-refractivity contribution >= 4 is 6.16 Å². The van der Waals surface area contributed by atoms with Gasteiger partial charge in [-0.15, -0.1) is 0 Å². The van der Waals surface area contributed by atoms with E-state index in [0.717, 1.165) is 6.42 Å². The third kappa shape index (κ3) is 2.37. The maximum absolute atomic E-state index is 10.8. The van der Waals surface area contributed by atoms with E-state index in [0.29, 0.717) is 12.2 Å². The van der Waals surface area contributed by atoms with Gasteiger partial charge >= 0.3 is 6.16 Å². The van der Waals surface area contributed by atoms with Gasteiger partial charge in [0, 0.05) is 0 Å². The van der Waals surface area contributed by atoms with E-state index >= 15 is 0 Å². The Balaban J connectivity index is 1.89. The van der Waals surface area contributed by atoms with Crippen molar-refractivity contribution in [3.8, 4) is 0 Å². The lowest BCUT2D eigenvalue weighted by molar-refractivity contribution is 0.116. The Morgan fingerprint density at radius 1 is 1.27 bits per heavy atom. The van der Waals surface area contributed by atoms with Crippen LogP contribution in [0.25, 0.3) is 0 Å². The molecule has 1 unspecified atom stereocenters. The lowest BCUT2D eigenvalue weighted by Crippen LogP contribution is -2.09. The Labute approximate surface area is 88.3 Å². The van der Waals surface area contributed by atoms with Gasteiger partial charge in [-0.25, -0.2) is 4.79 Å². The summed E-state index contributed by atoms with van der Waals surface area (Å²) in [6, 6.07) is 10.0. The van der Waals surface area contributed by atoms with Crippen LogP contribution in [-0.4, -0.2) is 12.3 Å². The molecule has 0 radical (unpaired) electrons. The van der Waals surface area contributed by atoms with Crippen LogP contribution in [0.4, 0.5) is 4.79 Å². The molecule has 3 heteroatoms. The third-order valence-electron chi connectivity index (χ3n) is 2.35. The van der Waals surface area contributed by atoms with Crippen molar-refractivity contribution in [2.45, 2.75) is 18.9 Å². The fourth-order valence-corrected chi connectivity index (χ4v) is 1.54. The van der Waals surface area contributed by atoms with Crippen LogP contribution in [0.5, 0.6) is 0 Å². The van der Waals surface area contributed by atoms with Gasteiger partial charge in [-0.05, 0) is 18.4 Å². The summed E-state index contributed by atoms with van der Waals surface area (Å²) in [6.45, 7) is 3.63. The Morgan fingerprint density at radius 3 is 2.60 bits per heavy atom. The van der Waals surface area contributed by atoms with Crippen LogP contribution in [-0.2, 0) is 15.9 Å². The van der Waals surface area contributed by atoms with Crippen molar-refractivity contribution in [3.63, 3.8) is 0 Å². The highest BCUT2D eigenvalue weighted by molar-refractivity contribution is 5.64. The monoisotopic (exact) mass is 204 g/mol. The smallest absolute Gasteiger partial charge is 0.422 e. The maximum atomic E-state index is 10.8. The molecule has 78 valence electrons. The van der Waals surface area contributed by atoms with Gasteiger partial charge in [0.2, 0.25) is 0 Å². The summed E-state index contributed by atoms with van der Waals surface area (Å²) in [5.74, 6) is 0.413. The average molecular weight is 204 g/mol. The fourth-order valence-electron chi connectivity index (χ4n) is 1.54. The predicted molar refractivity (Wildman–Crippen MR) is 55.3 cm³/mol. The van der Waals surface area contributed by atoms with E-state index in [4.69, 9.17) is 9.47 Å². The maximum Gasteiger partial charge on any atom is 0.514 e. The van der Waals surface area contributed by atoms with E-state index < -0.39 is 6.16 Å². The standard InChI is InChI=1S/C12H12O3/c1-9-11(15-12(13)14-9)8-7-10-5-3-2-4-6-10/h2-6,11H,1,7-8H2. The second-order valence-electron chi connectivity index (χ2n) is 3.45. The number of hydrogen-bond acceptors (Lipinski definition) is 3. The molecule has 0 N–H and O–H groups in total. The van der Waals surface area contributed by atoms with E-state index in [1.807, 2.05) is 30.3 Å². The second-order valence-corrected chi connectivity index (χ2v) is 3.45. The summed E-state index contributed by atoms with van der Waals surface area (Å²) in [6.07, 6.45) is 0.631. The minimum absolute atomic E-state index is 0.294. The zero-order chi connectivity index (χ0) is 10.7. The number of cyclic esters (lactones) is 2. The average Bonchev–Trinajstić information content (AvgIpc) is 2.56. The normalized spacial score (nSPS) is 19.9. The van der Waals surface area contributed by atoms with E-state index in [2.05, 4.69) is 6.58 Å². The zero-order valence-electron chi connectivity index (χ0n) is 8.31. The van der Waals surface area contributed by atoms with Crippen molar-refractivity contribution in [1.29, 1.82) is 0 Å². The number of carbonyl (C=O) groups excluding carboxylic acids is 1. The molecule has 0 bridgehead atoms. The molecule has 0 spiro atoms. The molecule has 0 saturated carbocycles. The molecular formula is C12H12O3. The van der Waals surface area contributed by atoms with Crippen molar-refractivity contribution < 1.29 is 14.3 Å². The topological polar surface area (TPSA) is 35.5 Å². The highest BCUT2D eigenvalue weighted by atomic mass is 16.8. The summed E-state index contributed by atoms with van der Waals surface area (Å²) in [5, 5.41) is 0. The Morgan fingerprint density at radius 2 is 2.00 bits per heavy atom. The molecule has 0 aromatic heterocycles. The van der Waals surface area contributed by atoms with Crippen LogP contribution in [0.2, 0.25) is 0 Å². The van der Waals surface area contributed by atoms with Crippen LogP contribution < -0.4 is 0 Å². The van der Waals surface area contributed by atoms with Crippen LogP contribution in [0, 0.1) is 0 Å². The first-order chi connectivity index (χ1) is 7.25. The number of hydrogen-bond donors (Lipinski definition) is 0. The minimum Gasteiger partial charge on any atom is -0.422 e. The summed E-state index contributed by atoms with van der Waals surface area (Å²) >= 11 is 0. The van der Waals surface area contributed by atoms with Gasteiger partial charge in [-0.2, -0.15) is 0 Å². The largest absolute Gasteiger partial charge is 0.514 e. The summed E-state index contributed by atoms with van der Waals surface area (Å²) in [5.41, 5.74) is 1.22. The van der Waals surface area contributed by atoms with Gasteiger partial charge in [0.15, 0.2) is 6.10 Å². The minimum atomic E-state index is -0.641. The molecule has 1 fully saturated rings. The molecule has 1 saturated heterocycles. The first-order valence-electron chi connectivity index (χ1n) is 4.87. The van der Waals surface area contributed by atoms with E-state index in [1.165, 1.54) is 5.56 Å². The molecule has 0 aliphatic carbocycles. The lowest BCUT2D eigenvalue weighted by atomic mass is 10.1. The third-order valence-corrected chi connectivity index (χ3v) is 2.35. The van der Waals surface area contributed by atoms with Crippen molar-refractivity contribution in [3.05, 3.63) is 48.2 Å². The predicted octanol–water partition coefficient (Wildman–Crippen LogP) is 2.67. The first-order valence-corrected chi connectivity index (χ1v) is 4.87. The van der Waals surface area contributed by atoms with Gasteiger partial charge in [0.05, 0.1) is 0 Å². The summed E-state index contributed by atoms with van der Waals surface area (Å²) < 4.78 is 9.64. The number of rotatable bonds is 3. The number of ether oxygens (including phenoxy) is 2. The van der Waals surface area contributed by atoms with Crippen LogP contribution >= 0.6 is 0 Å². The van der Waals surface area contributed by atoms with Gasteiger partial charge < -0.3 is 9.47 Å². The number of carbonyl (C=O) groups is 1. The van der Waals surface area contributed by atoms with Crippen molar-refractivity contribution in [1.82, 2.24) is 0 Å². The quantitative estimate of drug-likeness (QED) is 0.710. The zero-order valence-corrected chi connectivity index (χ0v) is 8.31. The molecule has 1 aliphatic heterocycles. The molecule has 0 amide bonds. The van der Waals surface area contributed by atoms with E-state index in [1.54, 1.807) is 0 Å². The van der Waals surface area contributed by atoms with E-state index in [9.17, 15) is 4.79 Å². The Kier molecular flexibility index (Phi) is 2.72. The molecule has 1 atom stereocenters. The van der Waals surface area contributed by atoms with Crippen LogP contribution in [0.1, 0.15) is 12.0 Å². The SMILES string of the molecule is C=C1OC(=O)OC1CCc1ccccc1. The molecule has 3 nitrogen and oxygen atoms in total. The first kappa shape index (κ1) is 9.77. The summed E-state index contributed by atoms with van der Waals surface area (Å²) in [4.78, 5) is 10.8. The Hall–Kier alpha value is -1.77. The molecule has 1 aromatic rings. The molecule has 1 aromatic carbocycles. The van der Waals surface area contributed by atoms with Gasteiger partial charge in [-0.3, -0.25) is 0 Å². The van der Waals surface area contributed by atoms with Crippen LogP contribution in [0.3, 0.4) is 0 Å². The highest BCUT2D eigenvalue weighted by Crippen LogP contribution is 2.21. The second kappa shape index (κ2) is 4.17. The molecule has 2 rings (SSSR count). The molecule has 15 heavy (non-hydrogen) atoms. The number of aryl methyl sites for hydroxylation is 1. The Bertz CT molecular complexity index is 370. The van der Waals surface area contributed by atoms with Gasteiger partial charge in [0.1, 0.15) is 5.76 Å². The summed E-state index contributed by atoms with van der Waals surface area (Å²) in [7, 11) is 0. The lowest BCUT2D eigenvalue weighted by Gasteiger charge is -2.06. The van der Waals surface area contributed by atoms with Gasteiger partial charge in [-0.1, -0.05) is 36.9 Å². The van der Waals surface area contributed by atoms with Crippen molar-refractivity contribution in [2.75, 3.05) is 0 Å². The molecule has 1 aliphatic rings. The number of benzene rings is 1. The molecule has 1 heterocycles. The molecular weight excluding hydrogens is 192 g/mol. The highest BCUT2D eigenvalue weighted by Gasteiger charge is 2.29. The fraction of sp³-hybridized carbons (Fsp3) is 0.250. The van der Waals surface area contributed by atoms with Crippen LogP contribution in [0.15, 0.2) is 42.7 Å².